The van der Waals surface area contributed by atoms with E-state index in [1.807, 2.05) is 7.05 Å². The van der Waals surface area contributed by atoms with Crippen LogP contribution < -0.4 is 5.32 Å². The van der Waals surface area contributed by atoms with Gasteiger partial charge in [-0.05, 0) is 32.1 Å². The zero-order valence-electron chi connectivity index (χ0n) is 10.2. The Labute approximate surface area is 111 Å². The maximum atomic E-state index is 11.0. The van der Waals surface area contributed by atoms with Gasteiger partial charge in [0.2, 0.25) is 0 Å². The van der Waals surface area contributed by atoms with Crippen LogP contribution in [0.5, 0.6) is 0 Å². The molecule has 1 aromatic rings. The zero-order valence-corrected chi connectivity index (χ0v) is 11.0. The molecule has 1 atom stereocenters. The first kappa shape index (κ1) is 13.3. The van der Waals surface area contributed by atoms with E-state index in [0.717, 1.165) is 19.5 Å². The third-order valence-electron chi connectivity index (χ3n) is 3.32. The normalized spacial score (nSPS) is 19.4. The monoisotopic (exact) mass is 269 g/mol. The van der Waals surface area contributed by atoms with Gasteiger partial charge in [0, 0.05) is 35.8 Å². The molecule has 0 radical (unpaired) electrons. The Bertz CT molecular complexity index is 447. The largest absolute Gasteiger partial charge is 0.315 e. The molecule has 1 fully saturated rings. The van der Waals surface area contributed by atoms with Gasteiger partial charge in [0.25, 0.3) is 5.69 Å². The molecule has 0 saturated carbocycles. The van der Waals surface area contributed by atoms with Gasteiger partial charge in [-0.25, -0.2) is 0 Å². The van der Waals surface area contributed by atoms with Gasteiger partial charge in [-0.15, -0.1) is 0 Å². The van der Waals surface area contributed by atoms with Crippen molar-refractivity contribution >= 4 is 17.3 Å². The maximum Gasteiger partial charge on any atom is 0.273 e. The van der Waals surface area contributed by atoms with E-state index in [1.165, 1.54) is 6.07 Å². The van der Waals surface area contributed by atoms with Crippen LogP contribution in [0.15, 0.2) is 18.2 Å². The van der Waals surface area contributed by atoms with Crippen LogP contribution in [-0.2, 0) is 6.54 Å². The minimum atomic E-state index is -0.355. The van der Waals surface area contributed by atoms with Crippen LogP contribution in [0.2, 0.25) is 5.02 Å². The number of hydrogen-bond donors (Lipinski definition) is 1. The average molecular weight is 270 g/mol. The first-order chi connectivity index (χ1) is 8.58. The Kier molecular flexibility index (Phi) is 4.16. The molecule has 0 bridgehead atoms. The van der Waals surface area contributed by atoms with Crippen LogP contribution in [0.1, 0.15) is 12.0 Å². The highest BCUT2D eigenvalue weighted by Crippen LogP contribution is 2.24. The Morgan fingerprint density at radius 2 is 2.39 bits per heavy atom. The molecule has 1 aromatic carbocycles. The van der Waals surface area contributed by atoms with Crippen LogP contribution >= 0.6 is 11.6 Å². The molecule has 98 valence electrons. The van der Waals surface area contributed by atoms with E-state index in [2.05, 4.69) is 10.2 Å². The van der Waals surface area contributed by atoms with Crippen molar-refractivity contribution in [2.45, 2.75) is 19.0 Å². The van der Waals surface area contributed by atoms with Gasteiger partial charge in [-0.2, -0.15) is 0 Å². The summed E-state index contributed by atoms with van der Waals surface area (Å²) in [4.78, 5) is 12.8. The Morgan fingerprint density at radius 3 is 3.00 bits per heavy atom. The summed E-state index contributed by atoms with van der Waals surface area (Å²) in [6.07, 6.45) is 1.07. The number of nitro groups is 1. The van der Waals surface area contributed by atoms with Gasteiger partial charge in [0.15, 0.2) is 0 Å². The maximum absolute atomic E-state index is 11.0. The van der Waals surface area contributed by atoms with Crippen LogP contribution in [0.3, 0.4) is 0 Å². The predicted molar refractivity (Wildman–Crippen MR) is 70.8 cm³/mol. The van der Waals surface area contributed by atoms with E-state index in [4.69, 9.17) is 11.6 Å². The fraction of sp³-hybridized carbons (Fsp3) is 0.500. The van der Waals surface area contributed by atoms with Crippen molar-refractivity contribution in [3.05, 3.63) is 38.9 Å². The highest BCUT2D eigenvalue weighted by atomic mass is 35.5. The number of nitro benzene ring substituents is 1. The SMILES string of the molecule is CN(Cc1cc(Cl)ccc1[N+](=O)[O-])C1CCNC1. The molecule has 1 aliphatic rings. The number of likely N-dealkylation sites (N-methyl/N-ethyl adjacent to an activating group) is 1. The van der Waals surface area contributed by atoms with Crippen molar-refractivity contribution in [3.63, 3.8) is 0 Å². The molecule has 0 spiro atoms. The van der Waals surface area contributed by atoms with E-state index in [1.54, 1.807) is 12.1 Å². The van der Waals surface area contributed by atoms with Gasteiger partial charge >= 0.3 is 0 Å². The van der Waals surface area contributed by atoms with Crippen molar-refractivity contribution in [1.29, 1.82) is 0 Å². The van der Waals surface area contributed by atoms with Crippen LogP contribution in [0, 0.1) is 10.1 Å². The summed E-state index contributed by atoms with van der Waals surface area (Å²) in [5.41, 5.74) is 0.805. The lowest BCUT2D eigenvalue weighted by atomic mass is 10.1. The number of rotatable bonds is 4. The average Bonchev–Trinajstić information content (AvgIpc) is 2.81. The minimum absolute atomic E-state index is 0.136. The lowest BCUT2D eigenvalue weighted by Gasteiger charge is -2.23. The minimum Gasteiger partial charge on any atom is -0.315 e. The molecule has 0 aromatic heterocycles. The second kappa shape index (κ2) is 5.65. The number of nitrogens with zero attached hydrogens (tertiary/aromatic N) is 2. The summed E-state index contributed by atoms with van der Waals surface area (Å²) in [6, 6.07) is 5.14. The summed E-state index contributed by atoms with van der Waals surface area (Å²) in [7, 11) is 1.99. The second-order valence-electron chi connectivity index (χ2n) is 4.59. The van der Waals surface area contributed by atoms with Crippen LogP contribution in [-0.4, -0.2) is 36.0 Å². The third-order valence-corrected chi connectivity index (χ3v) is 3.55. The quantitative estimate of drug-likeness (QED) is 0.671. The topological polar surface area (TPSA) is 58.4 Å². The second-order valence-corrected chi connectivity index (χ2v) is 5.03. The molecule has 2 rings (SSSR count). The van der Waals surface area contributed by atoms with E-state index in [-0.39, 0.29) is 10.6 Å². The Balaban J connectivity index is 2.16. The molecule has 0 aliphatic carbocycles. The van der Waals surface area contributed by atoms with Crippen LogP contribution in [0.4, 0.5) is 5.69 Å². The molecule has 18 heavy (non-hydrogen) atoms. The van der Waals surface area contributed by atoms with Crippen molar-refractivity contribution in [2.24, 2.45) is 0 Å². The Hall–Kier alpha value is -1.17. The lowest BCUT2D eigenvalue weighted by Crippen LogP contribution is -2.33. The summed E-state index contributed by atoms with van der Waals surface area (Å²) >= 11 is 5.91. The molecular formula is C12H16ClN3O2. The molecule has 6 heteroatoms. The molecular weight excluding hydrogens is 254 g/mol. The standard InChI is InChI=1S/C12H16ClN3O2/c1-15(11-4-5-14-7-11)8-9-6-10(13)2-3-12(9)16(17)18/h2-3,6,11,14H,4-5,7-8H2,1H3. The first-order valence-electron chi connectivity index (χ1n) is 5.91. The number of nitrogens with one attached hydrogen (secondary N) is 1. The van der Waals surface area contributed by atoms with Crippen molar-refractivity contribution in [1.82, 2.24) is 10.2 Å². The number of benzene rings is 1. The van der Waals surface area contributed by atoms with Crippen molar-refractivity contribution in [3.8, 4) is 0 Å². The van der Waals surface area contributed by atoms with Crippen LogP contribution in [0.25, 0.3) is 0 Å². The molecule has 5 nitrogen and oxygen atoms in total. The van der Waals surface area contributed by atoms with Crippen molar-refractivity contribution < 1.29 is 4.92 Å². The molecule has 1 heterocycles. The lowest BCUT2D eigenvalue weighted by molar-refractivity contribution is -0.385. The number of halogens is 1. The number of hydrogen-bond acceptors (Lipinski definition) is 4. The third kappa shape index (κ3) is 2.98. The summed E-state index contributed by atoms with van der Waals surface area (Å²) in [5, 5.41) is 14.8. The van der Waals surface area contributed by atoms with Gasteiger partial charge in [-0.1, -0.05) is 11.6 Å². The zero-order chi connectivity index (χ0) is 13.1. The summed E-state index contributed by atoms with van der Waals surface area (Å²) < 4.78 is 0. The molecule has 1 aliphatic heterocycles. The van der Waals surface area contributed by atoms with Gasteiger partial charge in [-0.3, -0.25) is 15.0 Å². The van der Waals surface area contributed by atoms with Gasteiger partial charge in [0.05, 0.1) is 4.92 Å². The molecule has 0 amide bonds. The van der Waals surface area contributed by atoms with Gasteiger partial charge in [0.1, 0.15) is 0 Å². The van der Waals surface area contributed by atoms with E-state index < -0.39 is 0 Å². The van der Waals surface area contributed by atoms with E-state index in [0.29, 0.717) is 23.2 Å². The molecule has 1 N–H and O–H groups in total. The van der Waals surface area contributed by atoms with E-state index >= 15 is 0 Å². The summed E-state index contributed by atoms with van der Waals surface area (Å²) in [5.74, 6) is 0. The highest BCUT2D eigenvalue weighted by molar-refractivity contribution is 6.30. The fourth-order valence-electron chi connectivity index (χ4n) is 2.27. The smallest absolute Gasteiger partial charge is 0.273 e. The molecule has 1 saturated heterocycles. The fourth-order valence-corrected chi connectivity index (χ4v) is 2.47. The van der Waals surface area contributed by atoms with Crippen molar-refractivity contribution in [2.75, 3.05) is 20.1 Å². The molecule has 1 unspecified atom stereocenters. The van der Waals surface area contributed by atoms with E-state index in [9.17, 15) is 10.1 Å². The first-order valence-corrected chi connectivity index (χ1v) is 6.29. The predicted octanol–water partition coefficient (Wildman–Crippen LogP) is 2.04. The summed E-state index contributed by atoms with van der Waals surface area (Å²) in [6.45, 7) is 2.49. The Morgan fingerprint density at radius 1 is 1.61 bits per heavy atom. The highest BCUT2D eigenvalue weighted by Gasteiger charge is 2.22. The van der Waals surface area contributed by atoms with Gasteiger partial charge < -0.3 is 5.32 Å².